The van der Waals surface area contributed by atoms with Gasteiger partial charge >= 0.3 is 0 Å². The quantitative estimate of drug-likeness (QED) is 0.593. The molecular formula is C21H21N5O. The molecule has 3 aromatic heterocycles. The van der Waals surface area contributed by atoms with Crippen LogP contribution in [0.2, 0.25) is 0 Å². The normalized spacial score (nSPS) is 11.4. The number of fused-ring (bicyclic) bond motifs is 2. The van der Waals surface area contributed by atoms with Gasteiger partial charge in [-0.3, -0.25) is 9.78 Å². The fourth-order valence-corrected chi connectivity index (χ4v) is 3.16. The predicted octanol–water partition coefficient (Wildman–Crippen LogP) is 4.20. The summed E-state index contributed by atoms with van der Waals surface area (Å²) in [7, 11) is 0. The number of pyridine rings is 2. The molecular weight excluding hydrogens is 338 g/mol. The van der Waals surface area contributed by atoms with E-state index in [1.165, 1.54) is 0 Å². The standard InChI is InChI=1S/C21H21N5O/c1-13(2)12-26-20-16(11-15-8-6-7-14(3)18(15)23-20)19(25-26)24-21(27)17-9-4-5-10-22-17/h4-11,13H,12H2,1-3H3,(H,24,25,27). The van der Waals surface area contributed by atoms with Gasteiger partial charge in [0.2, 0.25) is 0 Å². The predicted molar refractivity (Wildman–Crippen MR) is 107 cm³/mol. The molecule has 0 fully saturated rings. The molecule has 6 nitrogen and oxygen atoms in total. The maximum atomic E-state index is 12.6. The molecule has 0 saturated carbocycles. The van der Waals surface area contributed by atoms with Crippen molar-refractivity contribution in [3.05, 3.63) is 59.9 Å². The molecule has 1 N–H and O–H groups in total. The Morgan fingerprint density at radius 2 is 2.04 bits per heavy atom. The van der Waals surface area contributed by atoms with Gasteiger partial charge in [0.25, 0.3) is 5.91 Å². The van der Waals surface area contributed by atoms with Crippen LogP contribution in [0.15, 0.2) is 48.7 Å². The van der Waals surface area contributed by atoms with Crippen molar-refractivity contribution in [2.75, 3.05) is 5.32 Å². The Bertz CT molecular complexity index is 1130. The number of carbonyl (C=O) groups excluding carboxylic acids is 1. The molecule has 1 amide bonds. The molecule has 3 heterocycles. The van der Waals surface area contributed by atoms with E-state index in [1.807, 2.05) is 35.9 Å². The van der Waals surface area contributed by atoms with Gasteiger partial charge in [0.1, 0.15) is 5.69 Å². The smallest absolute Gasteiger partial charge is 0.275 e. The van der Waals surface area contributed by atoms with Crippen LogP contribution in [-0.4, -0.2) is 25.7 Å². The molecule has 6 heteroatoms. The third-order valence-corrected chi connectivity index (χ3v) is 4.42. The third-order valence-electron chi connectivity index (χ3n) is 4.42. The van der Waals surface area contributed by atoms with E-state index < -0.39 is 0 Å². The summed E-state index contributed by atoms with van der Waals surface area (Å²) >= 11 is 0. The highest BCUT2D eigenvalue weighted by Crippen LogP contribution is 2.28. The summed E-state index contributed by atoms with van der Waals surface area (Å²) in [5.74, 6) is 0.634. The summed E-state index contributed by atoms with van der Waals surface area (Å²) in [6, 6.07) is 13.4. The molecule has 0 aliphatic heterocycles. The van der Waals surface area contributed by atoms with Crippen molar-refractivity contribution in [3.63, 3.8) is 0 Å². The first-order valence-corrected chi connectivity index (χ1v) is 9.02. The Balaban J connectivity index is 1.85. The van der Waals surface area contributed by atoms with Gasteiger partial charge in [-0.05, 0) is 36.6 Å². The SMILES string of the molecule is Cc1cccc2cc3c(NC(=O)c4ccccn4)nn(CC(C)C)c3nc12. The largest absolute Gasteiger partial charge is 0.303 e. The molecule has 0 bridgehead atoms. The maximum Gasteiger partial charge on any atom is 0.275 e. The molecule has 0 unspecified atom stereocenters. The number of aromatic nitrogens is 4. The lowest BCUT2D eigenvalue weighted by molar-refractivity contribution is 0.102. The van der Waals surface area contributed by atoms with E-state index in [1.54, 1.807) is 24.4 Å². The first-order chi connectivity index (χ1) is 13.0. The van der Waals surface area contributed by atoms with Crippen molar-refractivity contribution in [3.8, 4) is 0 Å². The van der Waals surface area contributed by atoms with Crippen LogP contribution in [0.4, 0.5) is 5.82 Å². The van der Waals surface area contributed by atoms with Gasteiger partial charge in [0.05, 0.1) is 10.9 Å². The van der Waals surface area contributed by atoms with Gasteiger partial charge in [0.15, 0.2) is 11.5 Å². The molecule has 0 aliphatic carbocycles. The number of nitrogens with one attached hydrogen (secondary N) is 1. The highest BCUT2D eigenvalue weighted by Gasteiger charge is 2.17. The zero-order valence-corrected chi connectivity index (χ0v) is 15.6. The first kappa shape index (κ1) is 17.1. The Labute approximate surface area is 157 Å². The fraction of sp³-hybridized carbons (Fsp3) is 0.238. The van der Waals surface area contributed by atoms with E-state index in [0.29, 0.717) is 17.4 Å². The van der Waals surface area contributed by atoms with Crippen LogP contribution >= 0.6 is 0 Å². The van der Waals surface area contributed by atoms with Crippen LogP contribution in [0.3, 0.4) is 0 Å². The number of benzene rings is 1. The van der Waals surface area contributed by atoms with Crippen molar-refractivity contribution >= 4 is 33.7 Å². The summed E-state index contributed by atoms with van der Waals surface area (Å²) in [6.07, 6.45) is 1.60. The minimum atomic E-state index is -0.281. The fourth-order valence-electron chi connectivity index (χ4n) is 3.16. The summed E-state index contributed by atoms with van der Waals surface area (Å²) in [5, 5.41) is 9.40. The van der Waals surface area contributed by atoms with Gasteiger partial charge in [-0.25, -0.2) is 9.67 Å². The van der Waals surface area contributed by atoms with Crippen molar-refractivity contribution in [2.45, 2.75) is 27.3 Å². The summed E-state index contributed by atoms with van der Waals surface area (Å²) in [4.78, 5) is 21.5. The van der Waals surface area contributed by atoms with Crippen molar-refractivity contribution < 1.29 is 4.79 Å². The Kier molecular flexibility index (Phi) is 4.32. The second kappa shape index (κ2) is 6.79. The molecule has 0 aliphatic rings. The minimum absolute atomic E-state index is 0.281. The maximum absolute atomic E-state index is 12.6. The van der Waals surface area contributed by atoms with Crippen LogP contribution in [0, 0.1) is 12.8 Å². The van der Waals surface area contributed by atoms with E-state index in [9.17, 15) is 4.79 Å². The van der Waals surface area contributed by atoms with Crippen molar-refractivity contribution in [1.29, 1.82) is 0 Å². The molecule has 4 rings (SSSR count). The first-order valence-electron chi connectivity index (χ1n) is 9.02. The third kappa shape index (κ3) is 3.26. The average Bonchev–Trinajstić information content (AvgIpc) is 2.97. The summed E-state index contributed by atoms with van der Waals surface area (Å²) in [5.41, 5.74) is 3.21. The monoisotopic (exact) mass is 359 g/mol. The number of nitrogens with zero attached hydrogens (tertiary/aromatic N) is 4. The number of hydrogen-bond donors (Lipinski definition) is 1. The Morgan fingerprint density at radius 1 is 1.19 bits per heavy atom. The van der Waals surface area contributed by atoms with E-state index in [4.69, 9.17) is 4.98 Å². The van der Waals surface area contributed by atoms with Crippen molar-refractivity contribution in [2.24, 2.45) is 5.92 Å². The lowest BCUT2D eigenvalue weighted by Crippen LogP contribution is -2.14. The van der Waals surface area contributed by atoms with Crippen LogP contribution in [-0.2, 0) is 6.54 Å². The van der Waals surface area contributed by atoms with Gasteiger partial charge in [-0.15, -0.1) is 0 Å². The second-order valence-electron chi connectivity index (χ2n) is 7.10. The highest BCUT2D eigenvalue weighted by molar-refractivity contribution is 6.08. The number of carbonyl (C=O) groups is 1. The number of aryl methyl sites for hydroxylation is 1. The van der Waals surface area contributed by atoms with Crippen LogP contribution < -0.4 is 5.32 Å². The molecule has 0 saturated heterocycles. The summed E-state index contributed by atoms with van der Waals surface area (Å²) in [6.45, 7) is 7.03. The lowest BCUT2D eigenvalue weighted by Gasteiger charge is -2.06. The van der Waals surface area contributed by atoms with E-state index in [-0.39, 0.29) is 5.91 Å². The van der Waals surface area contributed by atoms with Crippen molar-refractivity contribution in [1.82, 2.24) is 19.7 Å². The van der Waals surface area contributed by atoms with Crippen LogP contribution in [0.25, 0.3) is 21.9 Å². The highest BCUT2D eigenvalue weighted by atomic mass is 16.2. The van der Waals surface area contributed by atoms with E-state index >= 15 is 0 Å². The molecule has 0 spiro atoms. The Hall–Kier alpha value is -3.28. The number of amides is 1. The number of rotatable bonds is 4. The average molecular weight is 359 g/mol. The molecule has 27 heavy (non-hydrogen) atoms. The molecule has 136 valence electrons. The zero-order chi connectivity index (χ0) is 19.0. The molecule has 4 aromatic rings. The lowest BCUT2D eigenvalue weighted by atomic mass is 10.1. The molecule has 0 radical (unpaired) electrons. The van der Waals surface area contributed by atoms with Gasteiger partial charge in [-0.2, -0.15) is 5.10 Å². The number of para-hydroxylation sites is 1. The van der Waals surface area contributed by atoms with Gasteiger partial charge in [-0.1, -0.05) is 38.1 Å². The number of hydrogen-bond acceptors (Lipinski definition) is 4. The van der Waals surface area contributed by atoms with Gasteiger partial charge < -0.3 is 5.32 Å². The zero-order valence-electron chi connectivity index (χ0n) is 15.6. The van der Waals surface area contributed by atoms with E-state index in [2.05, 4.69) is 29.2 Å². The minimum Gasteiger partial charge on any atom is -0.303 e. The van der Waals surface area contributed by atoms with Crippen LogP contribution in [0.1, 0.15) is 29.9 Å². The number of anilines is 1. The van der Waals surface area contributed by atoms with Crippen LogP contribution in [0.5, 0.6) is 0 Å². The summed E-state index contributed by atoms with van der Waals surface area (Å²) < 4.78 is 1.87. The molecule has 0 atom stereocenters. The second-order valence-corrected chi connectivity index (χ2v) is 7.10. The van der Waals surface area contributed by atoms with Gasteiger partial charge in [0, 0.05) is 18.1 Å². The topological polar surface area (TPSA) is 72.7 Å². The van der Waals surface area contributed by atoms with E-state index in [0.717, 1.165) is 34.0 Å². The molecule has 1 aromatic carbocycles. The Morgan fingerprint density at radius 3 is 2.78 bits per heavy atom.